The number of nitrogens with zero attached hydrogens (tertiary/aromatic N) is 1. The van der Waals surface area contributed by atoms with Gasteiger partial charge in [-0.05, 0) is 36.8 Å². The average Bonchev–Trinajstić information content (AvgIpc) is 2.55. The Morgan fingerprint density at radius 2 is 1.91 bits per heavy atom. The van der Waals surface area contributed by atoms with Crippen molar-refractivity contribution in [2.75, 3.05) is 11.9 Å². The van der Waals surface area contributed by atoms with Gasteiger partial charge in [0.15, 0.2) is 0 Å². The third kappa shape index (κ3) is 4.67. The number of ether oxygens (including phenoxy) is 1. The first kappa shape index (κ1) is 16.2. The minimum Gasteiger partial charge on any atom is -0.494 e. The van der Waals surface area contributed by atoms with E-state index in [1.165, 1.54) is 18.2 Å². The SMILES string of the molecule is CCOc1ccc(/C=C/C(=O)Nc2ccccc2[N+](=O)[O-])cc1. The number of carbonyl (C=O) groups excluding carboxylic acids is 1. The van der Waals surface area contributed by atoms with Crippen LogP contribution >= 0.6 is 0 Å². The van der Waals surface area contributed by atoms with E-state index in [1.807, 2.05) is 31.2 Å². The molecule has 0 atom stereocenters. The van der Waals surface area contributed by atoms with Gasteiger partial charge in [-0.1, -0.05) is 24.3 Å². The minimum absolute atomic E-state index is 0.143. The Morgan fingerprint density at radius 1 is 1.22 bits per heavy atom. The summed E-state index contributed by atoms with van der Waals surface area (Å²) < 4.78 is 5.33. The second kappa shape index (κ2) is 7.74. The van der Waals surface area contributed by atoms with Crippen molar-refractivity contribution in [2.24, 2.45) is 0 Å². The van der Waals surface area contributed by atoms with Crippen LogP contribution in [0.4, 0.5) is 11.4 Å². The van der Waals surface area contributed by atoms with Crippen LogP contribution in [0, 0.1) is 10.1 Å². The molecule has 2 rings (SSSR count). The summed E-state index contributed by atoms with van der Waals surface area (Å²) in [5, 5.41) is 13.4. The molecule has 1 N–H and O–H groups in total. The Balaban J connectivity index is 2.03. The van der Waals surface area contributed by atoms with Crippen LogP contribution in [-0.4, -0.2) is 17.4 Å². The lowest BCUT2D eigenvalue weighted by atomic mass is 10.2. The summed E-state index contributed by atoms with van der Waals surface area (Å²) in [6, 6.07) is 13.3. The van der Waals surface area contributed by atoms with E-state index in [2.05, 4.69) is 5.32 Å². The van der Waals surface area contributed by atoms with Gasteiger partial charge in [0.05, 0.1) is 11.5 Å². The molecule has 0 aliphatic carbocycles. The second-order valence-corrected chi connectivity index (χ2v) is 4.60. The third-order valence-electron chi connectivity index (χ3n) is 2.98. The van der Waals surface area contributed by atoms with E-state index in [0.717, 1.165) is 11.3 Å². The standard InChI is InChI=1S/C17H16N2O4/c1-2-23-14-10-7-13(8-11-14)9-12-17(20)18-15-5-3-4-6-16(15)19(21)22/h3-12H,2H2,1H3,(H,18,20)/b12-9+. The summed E-state index contributed by atoms with van der Waals surface area (Å²) in [5.41, 5.74) is 0.848. The molecule has 6 heteroatoms. The molecule has 6 nitrogen and oxygen atoms in total. The fourth-order valence-electron chi connectivity index (χ4n) is 1.93. The molecule has 0 saturated heterocycles. The molecule has 0 saturated carbocycles. The van der Waals surface area contributed by atoms with Gasteiger partial charge in [-0.25, -0.2) is 0 Å². The lowest BCUT2D eigenvalue weighted by molar-refractivity contribution is -0.383. The number of anilines is 1. The van der Waals surface area contributed by atoms with E-state index in [1.54, 1.807) is 18.2 Å². The Kier molecular flexibility index (Phi) is 5.46. The topological polar surface area (TPSA) is 81.5 Å². The Morgan fingerprint density at radius 3 is 2.57 bits per heavy atom. The van der Waals surface area contributed by atoms with Crippen molar-refractivity contribution in [1.29, 1.82) is 0 Å². The molecule has 0 bridgehead atoms. The predicted molar refractivity (Wildman–Crippen MR) is 88.4 cm³/mol. The van der Waals surface area contributed by atoms with Crippen LogP contribution in [0.15, 0.2) is 54.6 Å². The summed E-state index contributed by atoms with van der Waals surface area (Å²) in [5.74, 6) is 0.321. The van der Waals surface area contributed by atoms with E-state index < -0.39 is 10.8 Å². The molecule has 0 spiro atoms. The number of rotatable bonds is 6. The molecular weight excluding hydrogens is 296 g/mol. The molecule has 0 unspecified atom stereocenters. The first-order valence-electron chi connectivity index (χ1n) is 7.05. The van der Waals surface area contributed by atoms with E-state index >= 15 is 0 Å². The van der Waals surface area contributed by atoms with Gasteiger partial charge in [0.1, 0.15) is 11.4 Å². The van der Waals surface area contributed by atoms with Gasteiger partial charge in [0, 0.05) is 12.1 Å². The third-order valence-corrected chi connectivity index (χ3v) is 2.98. The highest BCUT2D eigenvalue weighted by molar-refractivity contribution is 6.03. The largest absolute Gasteiger partial charge is 0.494 e. The normalized spacial score (nSPS) is 10.5. The molecule has 1 amide bonds. The van der Waals surface area contributed by atoms with Crippen molar-refractivity contribution in [2.45, 2.75) is 6.92 Å². The van der Waals surface area contributed by atoms with Gasteiger partial charge in [-0.15, -0.1) is 0 Å². The van der Waals surface area contributed by atoms with Gasteiger partial charge in [0.2, 0.25) is 5.91 Å². The van der Waals surface area contributed by atoms with Crippen molar-refractivity contribution in [3.8, 4) is 5.75 Å². The van der Waals surface area contributed by atoms with Crippen LogP contribution in [0.25, 0.3) is 6.08 Å². The summed E-state index contributed by atoms with van der Waals surface area (Å²) in [7, 11) is 0. The Labute approximate surface area is 133 Å². The predicted octanol–water partition coefficient (Wildman–Crippen LogP) is 3.65. The number of hydrogen-bond donors (Lipinski definition) is 1. The number of para-hydroxylation sites is 2. The molecule has 23 heavy (non-hydrogen) atoms. The van der Waals surface area contributed by atoms with E-state index in [0.29, 0.717) is 6.61 Å². The summed E-state index contributed by atoms with van der Waals surface area (Å²) in [6.45, 7) is 2.49. The molecule has 2 aromatic rings. The number of amides is 1. The van der Waals surface area contributed by atoms with Crippen molar-refractivity contribution in [1.82, 2.24) is 0 Å². The van der Waals surface area contributed by atoms with E-state index in [4.69, 9.17) is 4.74 Å². The van der Waals surface area contributed by atoms with Gasteiger partial charge in [-0.3, -0.25) is 14.9 Å². The zero-order valence-corrected chi connectivity index (χ0v) is 12.6. The van der Waals surface area contributed by atoms with Crippen molar-refractivity contribution >= 4 is 23.4 Å². The number of nitrogens with one attached hydrogen (secondary N) is 1. The number of carbonyl (C=O) groups is 1. The van der Waals surface area contributed by atoms with Crippen LogP contribution in [0.5, 0.6) is 5.75 Å². The van der Waals surface area contributed by atoms with E-state index in [9.17, 15) is 14.9 Å². The number of nitro benzene ring substituents is 1. The molecule has 0 radical (unpaired) electrons. The highest BCUT2D eigenvalue weighted by Gasteiger charge is 2.13. The first-order chi connectivity index (χ1) is 11.1. The summed E-state index contributed by atoms with van der Waals surface area (Å²) in [4.78, 5) is 22.2. The highest BCUT2D eigenvalue weighted by atomic mass is 16.6. The summed E-state index contributed by atoms with van der Waals surface area (Å²) >= 11 is 0. The van der Waals surface area contributed by atoms with Crippen LogP contribution < -0.4 is 10.1 Å². The Hall–Kier alpha value is -3.15. The monoisotopic (exact) mass is 312 g/mol. The fraction of sp³-hybridized carbons (Fsp3) is 0.118. The zero-order chi connectivity index (χ0) is 16.7. The molecule has 0 fully saturated rings. The smallest absolute Gasteiger partial charge is 0.292 e. The number of benzene rings is 2. The van der Waals surface area contributed by atoms with E-state index in [-0.39, 0.29) is 11.4 Å². The quantitative estimate of drug-likeness (QED) is 0.501. The molecule has 0 heterocycles. The number of nitro groups is 1. The molecule has 0 aliphatic heterocycles. The van der Waals surface area contributed by atoms with Crippen LogP contribution in [0.1, 0.15) is 12.5 Å². The minimum atomic E-state index is -0.536. The first-order valence-corrected chi connectivity index (χ1v) is 7.05. The van der Waals surface area contributed by atoms with Crippen molar-refractivity contribution in [3.05, 3.63) is 70.3 Å². The highest BCUT2D eigenvalue weighted by Crippen LogP contribution is 2.23. The Bertz CT molecular complexity index is 724. The van der Waals surface area contributed by atoms with Crippen molar-refractivity contribution in [3.63, 3.8) is 0 Å². The van der Waals surface area contributed by atoms with Crippen molar-refractivity contribution < 1.29 is 14.5 Å². The lowest BCUT2D eigenvalue weighted by Crippen LogP contribution is -2.09. The maximum atomic E-state index is 11.9. The van der Waals surface area contributed by atoms with Gasteiger partial charge < -0.3 is 10.1 Å². The molecule has 118 valence electrons. The molecule has 0 aromatic heterocycles. The fourth-order valence-corrected chi connectivity index (χ4v) is 1.93. The molecular formula is C17H16N2O4. The van der Waals surface area contributed by atoms with Gasteiger partial charge in [-0.2, -0.15) is 0 Å². The summed E-state index contributed by atoms with van der Waals surface area (Å²) in [6.07, 6.45) is 2.95. The van der Waals surface area contributed by atoms with Crippen LogP contribution in [0.2, 0.25) is 0 Å². The maximum absolute atomic E-state index is 11.9. The lowest BCUT2D eigenvalue weighted by Gasteiger charge is -2.03. The zero-order valence-electron chi connectivity index (χ0n) is 12.6. The maximum Gasteiger partial charge on any atom is 0.292 e. The molecule has 2 aromatic carbocycles. The second-order valence-electron chi connectivity index (χ2n) is 4.60. The van der Waals surface area contributed by atoms with Gasteiger partial charge >= 0.3 is 0 Å². The van der Waals surface area contributed by atoms with Crippen LogP contribution in [0.3, 0.4) is 0 Å². The average molecular weight is 312 g/mol. The number of hydrogen-bond acceptors (Lipinski definition) is 4. The molecule has 0 aliphatic rings. The van der Waals surface area contributed by atoms with Crippen LogP contribution in [-0.2, 0) is 4.79 Å². The van der Waals surface area contributed by atoms with Gasteiger partial charge in [0.25, 0.3) is 5.69 Å².